The number of amides is 2. The van der Waals surface area contributed by atoms with Gasteiger partial charge in [-0.1, -0.05) is 12.1 Å². The lowest BCUT2D eigenvalue weighted by Gasteiger charge is -2.15. The van der Waals surface area contributed by atoms with Crippen LogP contribution in [0.3, 0.4) is 0 Å². The van der Waals surface area contributed by atoms with Gasteiger partial charge in [0.05, 0.1) is 0 Å². The lowest BCUT2D eigenvalue weighted by atomic mass is 10.1. The first-order valence-electron chi connectivity index (χ1n) is 7.55. The second-order valence-electron chi connectivity index (χ2n) is 5.37. The molecule has 2 amide bonds. The summed E-state index contributed by atoms with van der Waals surface area (Å²) < 4.78 is 0. The summed E-state index contributed by atoms with van der Waals surface area (Å²) in [7, 11) is 0. The van der Waals surface area contributed by atoms with E-state index in [0.717, 1.165) is 43.6 Å². The van der Waals surface area contributed by atoms with Crippen molar-refractivity contribution in [1.82, 2.24) is 4.90 Å². The van der Waals surface area contributed by atoms with Crippen molar-refractivity contribution < 1.29 is 9.59 Å². The molecule has 1 fully saturated rings. The molecular weight excluding hydrogens is 302 g/mol. The summed E-state index contributed by atoms with van der Waals surface area (Å²) in [5.41, 5.74) is 7.21. The van der Waals surface area contributed by atoms with Gasteiger partial charge < -0.3 is 16.0 Å². The predicted molar refractivity (Wildman–Crippen MR) is 90.1 cm³/mol. The van der Waals surface area contributed by atoms with Gasteiger partial charge in [0.2, 0.25) is 11.8 Å². The SMILES string of the molecule is Cl.NCCC(=O)Nc1ccc(CCC(=O)N2CCCC2)cc1. The molecule has 0 aromatic heterocycles. The van der Waals surface area contributed by atoms with E-state index in [0.29, 0.717) is 19.4 Å². The van der Waals surface area contributed by atoms with Gasteiger partial charge in [0, 0.05) is 38.2 Å². The van der Waals surface area contributed by atoms with Crippen molar-refractivity contribution in [1.29, 1.82) is 0 Å². The standard InChI is InChI=1S/C16H23N3O2.ClH/c17-10-9-15(20)18-14-6-3-13(4-7-14)5-8-16(21)19-11-1-2-12-19;/h3-4,6-7H,1-2,5,8-12,17H2,(H,18,20);1H. The number of rotatable bonds is 6. The zero-order valence-corrected chi connectivity index (χ0v) is 13.5. The Morgan fingerprint density at radius 1 is 1.09 bits per heavy atom. The van der Waals surface area contributed by atoms with E-state index in [4.69, 9.17) is 5.73 Å². The molecule has 1 aromatic carbocycles. The van der Waals surface area contributed by atoms with Crippen molar-refractivity contribution >= 4 is 29.9 Å². The number of hydrogen-bond donors (Lipinski definition) is 2. The molecule has 2 rings (SSSR count). The quantitative estimate of drug-likeness (QED) is 0.839. The fourth-order valence-electron chi connectivity index (χ4n) is 2.49. The number of carbonyl (C=O) groups excluding carboxylic acids is 2. The largest absolute Gasteiger partial charge is 0.343 e. The van der Waals surface area contributed by atoms with Crippen LogP contribution in [-0.2, 0) is 16.0 Å². The second kappa shape index (κ2) is 9.43. The molecule has 1 aromatic rings. The summed E-state index contributed by atoms with van der Waals surface area (Å²) in [5, 5.41) is 2.79. The van der Waals surface area contributed by atoms with Crippen molar-refractivity contribution in [3.8, 4) is 0 Å². The number of anilines is 1. The summed E-state index contributed by atoms with van der Waals surface area (Å²) >= 11 is 0. The summed E-state index contributed by atoms with van der Waals surface area (Å²) in [6, 6.07) is 7.64. The topological polar surface area (TPSA) is 75.4 Å². The van der Waals surface area contributed by atoms with Crippen molar-refractivity contribution in [3.05, 3.63) is 29.8 Å². The lowest BCUT2D eigenvalue weighted by molar-refractivity contribution is -0.130. The van der Waals surface area contributed by atoms with Crippen LogP contribution in [0, 0.1) is 0 Å². The zero-order chi connectivity index (χ0) is 15.1. The van der Waals surface area contributed by atoms with Crippen LogP contribution in [0.15, 0.2) is 24.3 Å². The average molecular weight is 326 g/mol. The Bertz CT molecular complexity index is 485. The number of benzene rings is 1. The number of nitrogens with two attached hydrogens (primary N) is 1. The minimum absolute atomic E-state index is 0. The third kappa shape index (κ3) is 5.66. The Morgan fingerprint density at radius 2 is 1.73 bits per heavy atom. The Morgan fingerprint density at radius 3 is 2.32 bits per heavy atom. The number of aryl methyl sites for hydroxylation is 1. The van der Waals surface area contributed by atoms with Crippen LogP contribution in [0.1, 0.15) is 31.2 Å². The minimum atomic E-state index is -0.0746. The highest BCUT2D eigenvalue weighted by Gasteiger charge is 2.17. The van der Waals surface area contributed by atoms with Gasteiger partial charge in [-0.2, -0.15) is 0 Å². The molecule has 0 atom stereocenters. The molecular formula is C16H24ClN3O2. The van der Waals surface area contributed by atoms with Gasteiger partial charge in [-0.25, -0.2) is 0 Å². The van der Waals surface area contributed by atoms with Gasteiger partial charge in [-0.05, 0) is 37.0 Å². The summed E-state index contributed by atoms with van der Waals surface area (Å²) in [6.45, 7) is 2.17. The van der Waals surface area contributed by atoms with Crippen molar-refractivity contribution in [3.63, 3.8) is 0 Å². The van der Waals surface area contributed by atoms with Crippen molar-refractivity contribution in [2.45, 2.75) is 32.1 Å². The lowest BCUT2D eigenvalue weighted by Crippen LogP contribution is -2.27. The first-order chi connectivity index (χ1) is 10.2. The van der Waals surface area contributed by atoms with E-state index in [2.05, 4.69) is 5.32 Å². The Hall–Kier alpha value is -1.59. The molecule has 1 saturated heterocycles. The third-order valence-corrected chi connectivity index (χ3v) is 3.70. The highest BCUT2D eigenvalue weighted by atomic mass is 35.5. The van der Waals surface area contributed by atoms with Gasteiger partial charge in [0.1, 0.15) is 0 Å². The van der Waals surface area contributed by atoms with Gasteiger partial charge in [0.15, 0.2) is 0 Å². The van der Waals surface area contributed by atoms with Gasteiger partial charge in [-0.15, -0.1) is 12.4 Å². The first-order valence-corrected chi connectivity index (χ1v) is 7.55. The van der Waals surface area contributed by atoms with E-state index < -0.39 is 0 Å². The molecule has 6 heteroatoms. The fraction of sp³-hybridized carbons (Fsp3) is 0.500. The van der Waals surface area contributed by atoms with E-state index >= 15 is 0 Å². The molecule has 3 N–H and O–H groups in total. The highest BCUT2D eigenvalue weighted by Crippen LogP contribution is 2.14. The van der Waals surface area contributed by atoms with Crippen molar-refractivity contribution in [2.75, 3.05) is 25.0 Å². The average Bonchev–Trinajstić information content (AvgIpc) is 3.01. The second-order valence-corrected chi connectivity index (χ2v) is 5.37. The fourth-order valence-corrected chi connectivity index (χ4v) is 2.49. The number of carbonyl (C=O) groups is 2. The number of nitrogens with zero attached hydrogens (tertiary/aromatic N) is 1. The molecule has 122 valence electrons. The molecule has 0 spiro atoms. The van der Waals surface area contributed by atoms with Crippen LogP contribution >= 0.6 is 12.4 Å². The molecule has 0 unspecified atom stereocenters. The van der Waals surface area contributed by atoms with Crippen LogP contribution in [0.4, 0.5) is 5.69 Å². The van der Waals surface area contributed by atoms with Crippen LogP contribution in [0.25, 0.3) is 0 Å². The van der Waals surface area contributed by atoms with Crippen LogP contribution in [0.5, 0.6) is 0 Å². The van der Waals surface area contributed by atoms with Crippen LogP contribution in [0.2, 0.25) is 0 Å². The van der Waals surface area contributed by atoms with Gasteiger partial charge in [0.25, 0.3) is 0 Å². The molecule has 5 nitrogen and oxygen atoms in total. The summed E-state index contributed by atoms with van der Waals surface area (Å²) in [6.07, 6.45) is 3.88. The third-order valence-electron chi connectivity index (χ3n) is 3.70. The minimum Gasteiger partial charge on any atom is -0.343 e. The molecule has 1 aliphatic heterocycles. The zero-order valence-electron chi connectivity index (χ0n) is 12.7. The molecule has 1 heterocycles. The Labute approximate surface area is 137 Å². The Kier molecular flexibility index (Phi) is 7.91. The number of hydrogen-bond acceptors (Lipinski definition) is 3. The van der Waals surface area contributed by atoms with E-state index in [9.17, 15) is 9.59 Å². The van der Waals surface area contributed by atoms with E-state index in [1.165, 1.54) is 0 Å². The van der Waals surface area contributed by atoms with E-state index in [1.54, 1.807) is 0 Å². The maximum Gasteiger partial charge on any atom is 0.225 e. The molecule has 0 bridgehead atoms. The normalized spacial score (nSPS) is 13.6. The van der Waals surface area contributed by atoms with Gasteiger partial charge in [-0.3, -0.25) is 9.59 Å². The maximum absolute atomic E-state index is 12.0. The van der Waals surface area contributed by atoms with E-state index in [-0.39, 0.29) is 24.2 Å². The molecule has 1 aliphatic rings. The van der Waals surface area contributed by atoms with Gasteiger partial charge >= 0.3 is 0 Å². The molecule has 0 saturated carbocycles. The van der Waals surface area contributed by atoms with Crippen molar-refractivity contribution in [2.24, 2.45) is 5.73 Å². The molecule has 22 heavy (non-hydrogen) atoms. The summed E-state index contributed by atoms with van der Waals surface area (Å²) in [5.74, 6) is 0.169. The number of halogens is 1. The maximum atomic E-state index is 12.0. The first kappa shape index (κ1) is 18.5. The molecule has 0 radical (unpaired) electrons. The predicted octanol–water partition coefficient (Wildman–Crippen LogP) is 1.95. The van der Waals surface area contributed by atoms with Crippen LogP contribution < -0.4 is 11.1 Å². The van der Waals surface area contributed by atoms with E-state index in [1.807, 2.05) is 29.2 Å². The number of likely N-dealkylation sites (tertiary alicyclic amines) is 1. The highest BCUT2D eigenvalue weighted by molar-refractivity contribution is 5.90. The van der Waals surface area contributed by atoms with Crippen LogP contribution in [-0.4, -0.2) is 36.3 Å². The monoisotopic (exact) mass is 325 g/mol. The number of nitrogens with one attached hydrogen (secondary N) is 1. The smallest absolute Gasteiger partial charge is 0.225 e. The summed E-state index contributed by atoms with van der Waals surface area (Å²) in [4.78, 5) is 25.3. The molecule has 0 aliphatic carbocycles. The Balaban J connectivity index is 0.00000242.